The lowest BCUT2D eigenvalue weighted by atomic mass is 10.5. The Morgan fingerprint density at radius 2 is 2.36 bits per heavy atom. The van der Waals surface area contributed by atoms with E-state index in [0.717, 1.165) is 12.8 Å². The summed E-state index contributed by atoms with van der Waals surface area (Å²) in [6.45, 7) is 0.392. The lowest BCUT2D eigenvalue weighted by Crippen LogP contribution is -2.35. The topological polar surface area (TPSA) is 49.8 Å². The van der Waals surface area contributed by atoms with E-state index < -0.39 is 0 Å². The summed E-state index contributed by atoms with van der Waals surface area (Å²) >= 11 is 0. The van der Waals surface area contributed by atoms with Crippen LogP contribution in [0.5, 0.6) is 0 Å². The minimum Gasteiger partial charge on any atom is -0.453 e. The molecule has 1 rings (SSSR count). The first kappa shape index (κ1) is 8.33. The molecule has 0 aromatic heterocycles. The highest BCUT2D eigenvalue weighted by Crippen LogP contribution is 2.26. The van der Waals surface area contributed by atoms with Crippen molar-refractivity contribution in [2.45, 2.75) is 18.9 Å². The summed E-state index contributed by atoms with van der Waals surface area (Å²) < 4.78 is 4.54. The number of hydrogen-bond acceptors (Lipinski definition) is 3. The van der Waals surface area contributed by atoms with E-state index >= 15 is 0 Å². The highest BCUT2D eigenvalue weighted by Gasteiger charge is 2.32. The molecule has 1 N–H and O–H groups in total. The highest BCUT2D eigenvalue weighted by atomic mass is 16.5. The van der Waals surface area contributed by atoms with Gasteiger partial charge in [0.05, 0.1) is 13.7 Å². The van der Waals surface area contributed by atoms with Crippen molar-refractivity contribution in [1.82, 2.24) is 4.90 Å². The van der Waals surface area contributed by atoms with Crippen molar-refractivity contribution >= 4 is 6.09 Å². The number of ether oxygens (including phenoxy) is 1. The van der Waals surface area contributed by atoms with E-state index in [-0.39, 0.29) is 12.7 Å². The van der Waals surface area contributed by atoms with Crippen molar-refractivity contribution < 1.29 is 14.6 Å². The third-order valence-corrected chi connectivity index (χ3v) is 1.74. The molecule has 0 unspecified atom stereocenters. The molecule has 0 bridgehead atoms. The molecule has 0 aromatic carbocycles. The van der Waals surface area contributed by atoms with E-state index in [4.69, 9.17) is 5.11 Å². The molecule has 4 nitrogen and oxygen atoms in total. The molecule has 0 heterocycles. The molecule has 1 aliphatic carbocycles. The average molecular weight is 159 g/mol. The summed E-state index contributed by atoms with van der Waals surface area (Å²) in [5, 5.41) is 8.61. The van der Waals surface area contributed by atoms with Gasteiger partial charge in [0.15, 0.2) is 0 Å². The molecule has 1 aliphatic rings. The van der Waals surface area contributed by atoms with Crippen LogP contribution in [0, 0.1) is 0 Å². The number of rotatable bonds is 3. The molecule has 11 heavy (non-hydrogen) atoms. The van der Waals surface area contributed by atoms with Gasteiger partial charge >= 0.3 is 6.09 Å². The van der Waals surface area contributed by atoms with Gasteiger partial charge in [-0.1, -0.05) is 0 Å². The zero-order valence-corrected chi connectivity index (χ0v) is 6.62. The molecule has 0 aliphatic heterocycles. The van der Waals surface area contributed by atoms with E-state index in [1.807, 2.05) is 0 Å². The molecule has 0 aromatic rings. The molecule has 64 valence electrons. The second-order valence-electron chi connectivity index (χ2n) is 2.62. The van der Waals surface area contributed by atoms with Gasteiger partial charge in [-0.2, -0.15) is 0 Å². The fourth-order valence-electron chi connectivity index (χ4n) is 1.03. The first-order chi connectivity index (χ1) is 5.29. The van der Waals surface area contributed by atoms with Gasteiger partial charge in [-0.05, 0) is 12.8 Å². The van der Waals surface area contributed by atoms with Gasteiger partial charge in [-0.15, -0.1) is 0 Å². The maximum atomic E-state index is 11.0. The largest absolute Gasteiger partial charge is 0.453 e. The van der Waals surface area contributed by atoms with Gasteiger partial charge in [-0.3, -0.25) is 0 Å². The number of hydrogen-bond donors (Lipinski definition) is 1. The van der Waals surface area contributed by atoms with E-state index in [1.165, 1.54) is 7.11 Å². The quantitative estimate of drug-likeness (QED) is 0.640. The van der Waals surface area contributed by atoms with Crippen LogP contribution in [0.25, 0.3) is 0 Å². The van der Waals surface area contributed by atoms with E-state index in [1.54, 1.807) is 4.90 Å². The first-order valence-electron chi connectivity index (χ1n) is 3.75. The molecule has 4 heteroatoms. The molecule has 0 atom stereocenters. The number of carbonyl (C=O) groups is 1. The normalized spacial score (nSPS) is 16.2. The fourth-order valence-corrected chi connectivity index (χ4v) is 1.03. The molecule has 1 fully saturated rings. The summed E-state index contributed by atoms with van der Waals surface area (Å²) in [5.74, 6) is 0. The first-order valence-corrected chi connectivity index (χ1v) is 3.75. The number of carbonyl (C=O) groups excluding carboxylic acids is 1. The lowest BCUT2D eigenvalue weighted by Gasteiger charge is -2.18. The summed E-state index contributed by atoms with van der Waals surface area (Å²) in [6.07, 6.45) is 1.74. The summed E-state index contributed by atoms with van der Waals surface area (Å²) in [4.78, 5) is 12.5. The Kier molecular flexibility index (Phi) is 2.70. The Labute approximate surface area is 65.8 Å². The monoisotopic (exact) mass is 159 g/mol. The van der Waals surface area contributed by atoms with Crippen molar-refractivity contribution in [2.24, 2.45) is 0 Å². The Morgan fingerprint density at radius 1 is 1.73 bits per heavy atom. The van der Waals surface area contributed by atoms with Crippen LogP contribution in [-0.4, -0.2) is 42.4 Å². The molecular weight excluding hydrogens is 146 g/mol. The smallest absolute Gasteiger partial charge is 0.409 e. The van der Waals surface area contributed by atoms with Gasteiger partial charge in [0, 0.05) is 12.6 Å². The van der Waals surface area contributed by atoms with E-state index in [0.29, 0.717) is 12.6 Å². The van der Waals surface area contributed by atoms with Gasteiger partial charge in [-0.25, -0.2) is 4.79 Å². The minimum absolute atomic E-state index is 0.00556. The average Bonchev–Trinajstić information content (AvgIpc) is 2.81. The number of methoxy groups -OCH3 is 1. The summed E-state index contributed by atoms with van der Waals surface area (Å²) in [6, 6.07) is 0.314. The predicted molar refractivity (Wildman–Crippen MR) is 39.2 cm³/mol. The summed E-state index contributed by atoms with van der Waals surface area (Å²) in [5.41, 5.74) is 0. The van der Waals surface area contributed by atoms with Gasteiger partial charge in [0.25, 0.3) is 0 Å². The third-order valence-electron chi connectivity index (χ3n) is 1.74. The van der Waals surface area contributed by atoms with Crippen LogP contribution >= 0.6 is 0 Å². The number of nitrogens with zero attached hydrogens (tertiary/aromatic N) is 1. The third kappa shape index (κ3) is 2.08. The zero-order valence-electron chi connectivity index (χ0n) is 6.62. The van der Waals surface area contributed by atoms with Crippen LogP contribution in [0.15, 0.2) is 0 Å². The number of aliphatic hydroxyl groups is 1. The summed E-state index contributed by atoms with van der Waals surface area (Å²) in [7, 11) is 1.36. The van der Waals surface area contributed by atoms with Crippen molar-refractivity contribution in [2.75, 3.05) is 20.3 Å². The minimum atomic E-state index is -0.332. The Hall–Kier alpha value is -0.770. The molecule has 0 saturated heterocycles. The molecule has 0 radical (unpaired) electrons. The van der Waals surface area contributed by atoms with Crippen LogP contribution in [0.3, 0.4) is 0 Å². The Morgan fingerprint density at radius 3 is 2.73 bits per heavy atom. The van der Waals surface area contributed by atoms with E-state index in [2.05, 4.69) is 4.74 Å². The molecular formula is C7H13NO3. The van der Waals surface area contributed by atoms with Crippen molar-refractivity contribution in [1.29, 1.82) is 0 Å². The fraction of sp³-hybridized carbons (Fsp3) is 0.857. The second-order valence-corrected chi connectivity index (χ2v) is 2.62. The van der Waals surface area contributed by atoms with Crippen molar-refractivity contribution in [3.05, 3.63) is 0 Å². The zero-order chi connectivity index (χ0) is 8.27. The van der Waals surface area contributed by atoms with Crippen LogP contribution < -0.4 is 0 Å². The van der Waals surface area contributed by atoms with Gasteiger partial charge < -0.3 is 14.7 Å². The highest BCUT2D eigenvalue weighted by molar-refractivity contribution is 5.68. The van der Waals surface area contributed by atoms with Crippen molar-refractivity contribution in [3.63, 3.8) is 0 Å². The number of aliphatic hydroxyl groups excluding tert-OH is 1. The van der Waals surface area contributed by atoms with Crippen molar-refractivity contribution in [3.8, 4) is 0 Å². The molecule has 1 saturated carbocycles. The molecule has 0 spiro atoms. The predicted octanol–water partition coefficient (Wildman–Crippen LogP) is 0.209. The van der Waals surface area contributed by atoms with Crippen LogP contribution in [0.1, 0.15) is 12.8 Å². The van der Waals surface area contributed by atoms with E-state index in [9.17, 15) is 4.79 Å². The van der Waals surface area contributed by atoms with Crippen LogP contribution in [0.2, 0.25) is 0 Å². The lowest BCUT2D eigenvalue weighted by molar-refractivity contribution is 0.110. The Balaban J connectivity index is 2.37. The van der Waals surface area contributed by atoms with Crippen LogP contribution in [-0.2, 0) is 4.74 Å². The maximum absolute atomic E-state index is 11.0. The standard InChI is InChI=1S/C7H13NO3/c1-11-7(10)8(4-5-9)6-2-3-6/h6,9H,2-5H2,1H3. The van der Waals surface area contributed by atoms with Crippen LogP contribution in [0.4, 0.5) is 4.79 Å². The SMILES string of the molecule is COC(=O)N(CCO)C1CC1. The molecule has 1 amide bonds. The van der Waals surface area contributed by atoms with Gasteiger partial charge in [0.2, 0.25) is 0 Å². The van der Waals surface area contributed by atoms with Gasteiger partial charge in [0.1, 0.15) is 0 Å². The second kappa shape index (κ2) is 3.57. The Bertz CT molecular complexity index is 145. The maximum Gasteiger partial charge on any atom is 0.409 e. The number of amides is 1.